The summed E-state index contributed by atoms with van der Waals surface area (Å²) in [5.41, 5.74) is 5.56. The van der Waals surface area contributed by atoms with Crippen molar-refractivity contribution in [2.45, 2.75) is 33.6 Å². The number of carbonyl (C=O) groups excluding carboxylic acids is 1. The van der Waals surface area contributed by atoms with Crippen molar-refractivity contribution in [3.63, 3.8) is 0 Å². The molecule has 5 heteroatoms. The number of anilines is 4. The molecule has 1 atom stereocenters. The number of carbonyl (C=O) groups is 1. The van der Waals surface area contributed by atoms with Crippen LogP contribution in [0.3, 0.4) is 0 Å². The van der Waals surface area contributed by atoms with Gasteiger partial charge in [-0.15, -0.1) is 0 Å². The highest BCUT2D eigenvalue weighted by Crippen LogP contribution is 2.33. The first kappa shape index (κ1) is 18.2. The van der Waals surface area contributed by atoms with Gasteiger partial charge < -0.3 is 10.6 Å². The van der Waals surface area contributed by atoms with Gasteiger partial charge in [0.1, 0.15) is 5.82 Å². The molecule has 2 aromatic carbocycles. The number of aryl methyl sites for hydroxylation is 2. The third-order valence-corrected chi connectivity index (χ3v) is 5.09. The number of para-hydroxylation sites is 2. The zero-order chi connectivity index (χ0) is 19.7. The Morgan fingerprint density at radius 3 is 2.32 bits per heavy atom. The molecule has 0 radical (unpaired) electrons. The molecule has 1 unspecified atom stereocenters. The fourth-order valence-electron chi connectivity index (χ4n) is 3.70. The first-order valence-electron chi connectivity index (χ1n) is 9.60. The predicted molar refractivity (Wildman–Crippen MR) is 113 cm³/mol. The Morgan fingerprint density at radius 2 is 1.61 bits per heavy atom. The normalized spacial score (nSPS) is 15.8. The van der Waals surface area contributed by atoms with E-state index in [2.05, 4.69) is 53.5 Å². The van der Waals surface area contributed by atoms with Crippen molar-refractivity contribution in [1.29, 1.82) is 0 Å². The number of Topliss-reactive ketones (excluding diaryl/α,β-unsaturated/α-hetero) is 1. The summed E-state index contributed by atoms with van der Waals surface area (Å²) in [5.74, 6) is 1.47. The van der Waals surface area contributed by atoms with Crippen molar-refractivity contribution in [2.24, 2.45) is 5.92 Å². The summed E-state index contributed by atoms with van der Waals surface area (Å²) < 4.78 is 0. The van der Waals surface area contributed by atoms with Crippen LogP contribution in [0, 0.1) is 19.8 Å². The largest absolute Gasteiger partial charge is 0.339 e. The molecule has 0 saturated heterocycles. The molecule has 0 fully saturated rings. The number of hydrogen-bond donors (Lipinski definition) is 2. The highest BCUT2D eigenvalue weighted by molar-refractivity contribution is 6.03. The maximum Gasteiger partial charge on any atom is 0.229 e. The lowest BCUT2D eigenvalue weighted by atomic mass is 9.87. The molecule has 0 amide bonds. The molecule has 0 spiro atoms. The molecule has 0 saturated carbocycles. The zero-order valence-electron chi connectivity index (χ0n) is 16.4. The Labute approximate surface area is 165 Å². The fraction of sp³-hybridized carbons (Fsp3) is 0.261. The SMILES string of the molecule is Cc1cccc(C)c1Nc1nc(Nc2ccccc2)nc2c1C(=O)CC(C)C2. The van der Waals surface area contributed by atoms with Gasteiger partial charge in [0.2, 0.25) is 5.95 Å². The van der Waals surface area contributed by atoms with Crippen LogP contribution in [0.1, 0.15) is 40.5 Å². The zero-order valence-corrected chi connectivity index (χ0v) is 16.4. The molecule has 28 heavy (non-hydrogen) atoms. The minimum atomic E-state index is 0.105. The maximum atomic E-state index is 12.8. The second kappa shape index (κ2) is 7.43. The lowest BCUT2D eigenvalue weighted by molar-refractivity contribution is 0.0953. The summed E-state index contributed by atoms with van der Waals surface area (Å²) >= 11 is 0. The maximum absolute atomic E-state index is 12.8. The van der Waals surface area contributed by atoms with Crippen LogP contribution in [0.4, 0.5) is 23.1 Å². The first-order chi connectivity index (χ1) is 13.5. The van der Waals surface area contributed by atoms with Crippen LogP contribution < -0.4 is 10.6 Å². The van der Waals surface area contributed by atoms with Crippen LogP contribution in [0.5, 0.6) is 0 Å². The number of aromatic nitrogens is 2. The monoisotopic (exact) mass is 372 g/mol. The summed E-state index contributed by atoms with van der Waals surface area (Å²) in [6.07, 6.45) is 1.30. The summed E-state index contributed by atoms with van der Waals surface area (Å²) in [6.45, 7) is 6.19. The third-order valence-electron chi connectivity index (χ3n) is 5.09. The number of ketones is 1. The van der Waals surface area contributed by atoms with Gasteiger partial charge in [-0.1, -0.05) is 43.3 Å². The summed E-state index contributed by atoms with van der Waals surface area (Å²) in [7, 11) is 0. The number of nitrogens with one attached hydrogen (secondary N) is 2. The summed E-state index contributed by atoms with van der Waals surface area (Å²) in [6, 6.07) is 16.0. The Balaban J connectivity index is 1.80. The summed E-state index contributed by atoms with van der Waals surface area (Å²) in [4.78, 5) is 22.2. The van der Waals surface area contributed by atoms with Crippen LogP contribution in [0.2, 0.25) is 0 Å². The highest BCUT2D eigenvalue weighted by atomic mass is 16.1. The Hall–Kier alpha value is -3.21. The Morgan fingerprint density at radius 1 is 0.893 bits per heavy atom. The smallest absolute Gasteiger partial charge is 0.229 e. The average Bonchev–Trinajstić information content (AvgIpc) is 2.65. The molecule has 0 bridgehead atoms. The van der Waals surface area contributed by atoms with E-state index < -0.39 is 0 Å². The molecular formula is C23H24N4O. The lowest BCUT2D eigenvalue weighted by Crippen LogP contribution is -2.22. The Kier molecular flexibility index (Phi) is 4.82. The second-order valence-corrected chi connectivity index (χ2v) is 7.54. The molecule has 1 aromatic heterocycles. The van der Waals surface area contributed by atoms with Crippen molar-refractivity contribution in [2.75, 3.05) is 10.6 Å². The number of fused-ring (bicyclic) bond motifs is 1. The minimum Gasteiger partial charge on any atom is -0.339 e. The number of rotatable bonds is 4. The van der Waals surface area contributed by atoms with Gasteiger partial charge in [-0.2, -0.15) is 4.98 Å². The van der Waals surface area contributed by atoms with E-state index in [0.29, 0.717) is 23.8 Å². The van der Waals surface area contributed by atoms with E-state index in [1.54, 1.807) is 0 Å². The van der Waals surface area contributed by atoms with Crippen molar-refractivity contribution < 1.29 is 4.79 Å². The molecule has 1 aliphatic carbocycles. The molecule has 0 aliphatic heterocycles. The van der Waals surface area contributed by atoms with Crippen LogP contribution in [-0.4, -0.2) is 15.8 Å². The van der Waals surface area contributed by atoms with Crippen LogP contribution in [0.15, 0.2) is 48.5 Å². The highest BCUT2D eigenvalue weighted by Gasteiger charge is 2.28. The molecule has 5 nitrogen and oxygen atoms in total. The minimum absolute atomic E-state index is 0.105. The average molecular weight is 372 g/mol. The third kappa shape index (κ3) is 3.60. The Bertz CT molecular complexity index is 1010. The van der Waals surface area contributed by atoms with Crippen molar-refractivity contribution in [3.05, 3.63) is 70.9 Å². The van der Waals surface area contributed by atoms with Crippen molar-refractivity contribution in [1.82, 2.24) is 9.97 Å². The summed E-state index contributed by atoms with van der Waals surface area (Å²) in [5, 5.41) is 6.69. The molecular weight excluding hydrogens is 348 g/mol. The van der Waals surface area contributed by atoms with Gasteiger partial charge in [0.05, 0.1) is 11.3 Å². The number of hydrogen-bond acceptors (Lipinski definition) is 5. The molecule has 2 N–H and O–H groups in total. The van der Waals surface area contributed by atoms with E-state index in [1.165, 1.54) is 0 Å². The van der Waals surface area contributed by atoms with Crippen LogP contribution in [0.25, 0.3) is 0 Å². The van der Waals surface area contributed by atoms with Gasteiger partial charge in [-0.25, -0.2) is 4.98 Å². The molecule has 4 rings (SSSR count). The van der Waals surface area contributed by atoms with Crippen LogP contribution >= 0.6 is 0 Å². The molecule has 3 aromatic rings. The van der Waals surface area contributed by atoms with Crippen molar-refractivity contribution in [3.8, 4) is 0 Å². The van der Waals surface area contributed by atoms with E-state index >= 15 is 0 Å². The van der Waals surface area contributed by atoms with Gasteiger partial charge in [-0.05, 0) is 49.4 Å². The molecule has 1 heterocycles. The van der Waals surface area contributed by atoms with Crippen molar-refractivity contribution >= 4 is 28.9 Å². The van der Waals surface area contributed by atoms with Gasteiger partial charge in [0.25, 0.3) is 0 Å². The van der Waals surface area contributed by atoms with E-state index in [9.17, 15) is 4.79 Å². The first-order valence-corrected chi connectivity index (χ1v) is 9.60. The van der Waals surface area contributed by atoms with Gasteiger partial charge in [0.15, 0.2) is 5.78 Å². The van der Waals surface area contributed by atoms with Crippen LogP contribution in [-0.2, 0) is 6.42 Å². The second-order valence-electron chi connectivity index (χ2n) is 7.54. The van der Waals surface area contributed by atoms with Gasteiger partial charge in [-0.3, -0.25) is 4.79 Å². The predicted octanol–water partition coefficient (Wildman–Crippen LogP) is 5.35. The fourth-order valence-corrected chi connectivity index (χ4v) is 3.70. The van der Waals surface area contributed by atoms with E-state index in [1.807, 2.05) is 36.4 Å². The van der Waals surface area contributed by atoms with Gasteiger partial charge in [0, 0.05) is 17.8 Å². The number of nitrogens with zero attached hydrogens (tertiary/aromatic N) is 2. The molecule has 142 valence electrons. The lowest BCUT2D eigenvalue weighted by Gasteiger charge is -2.23. The number of benzene rings is 2. The van der Waals surface area contributed by atoms with E-state index in [-0.39, 0.29) is 11.7 Å². The quantitative estimate of drug-likeness (QED) is 0.646. The molecule has 1 aliphatic rings. The van der Waals surface area contributed by atoms with E-state index in [0.717, 1.165) is 34.6 Å². The topological polar surface area (TPSA) is 66.9 Å². The standard InChI is InChI=1S/C23H24N4O/c1-14-12-18-20(19(28)13-14)22(26-21-15(2)8-7-9-16(21)3)27-23(25-18)24-17-10-5-4-6-11-17/h4-11,14H,12-13H2,1-3H3,(H2,24,25,26,27). The van der Waals surface area contributed by atoms with Gasteiger partial charge >= 0.3 is 0 Å². The van der Waals surface area contributed by atoms with E-state index in [4.69, 9.17) is 0 Å².